The average molecular weight is 413 g/mol. The number of aromatic nitrogens is 2. The Morgan fingerprint density at radius 1 is 1.07 bits per heavy atom. The largest absolute Gasteiger partial charge is 0.484 e. The fourth-order valence-corrected chi connectivity index (χ4v) is 2.83. The number of benzene rings is 2. The molecule has 9 heteroatoms. The van der Waals surface area contributed by atoms with Gasteiger partial charge < -0.3 is 19.2 Å². The van der Waals surface area contributed by atoms with Gasteiger partial charge in [-0.15, -0.1) is 10.2 Å². The number of esters is 1. The lowest BCUT2D eigenvalue weighted by Crippen LogP contribution is -2.14. The quantitative estimate of drug-likeness (QED) is 0.420. The van der Waals surface area contributed by atoms with Crippen molar-refractivity contribution in [2.45, 2.75) is 18.8 Å². The summed E-state index contributed by atoms with van der Waals surface area (Å²) in [5, 5.41) is 10.8. The van der Waals surface area contributed by atoms with Gasteiger partial charge >= 0.3 is 5.97 Å². The molecule has 0 aliphatic rings. The molecule has 0 aliphatic heterocycles. The third kappa shape index (κ3) is 6.35. The van der Waals surface area contributed by atoms with E-state index in [4.69, 9.17) is 13.9 Å². The highest BCUT2D eigenvalue weighted by atomic mass is 32.2. The summed E-state index contributed by atoms with van der Waals surface area (Å²) in [6.45, 7) is 2.20. The molecule has 150 valence electrons. The summed E-state index contributed by atoms with van der Waals surface area (Å²) in [7, 11) is 0. The molecular formula is C20H19N3O5S. The van der Waals surface area contributed by atoms with Crippen LogP contribution in [0.2, 0.25) is 0 Å². The predicted molar refractivity (Wildman–Crippen MR) is 107 cm³/mol. The van der Waals surface area contributed by atoms with E-state index >= 15 is 0 Å². The van der Waals surface area contributed by atoms with E-state index in [0.29, 0.717) is 29.5 Å². The number of nitrogens with zero attached hydrogens (tertiary/aromatic N) is 2. The number of anilines is 1. The fourth-order valence-electron chi connectivity index (χ4n) is 2.25. The van der Waals surface area contributed by atoms with E-state index in [2.05, 4.69) is 15.5 Å². The van der Waals surface area contributed by atoms with Crippen LogP contribution < -0.4 is 10.1 Å². The average Bonchev–Trinajstić information content (AvgIpc) is 3.20. The van der Waals surface area contributed by atoms with Gasteiger partial charge in [-0.2, -0.15) is 0 Å². The van der Waals surface area contributed by atoms with E-state index in [1.807, 2.05) is 30.3 Å². The Balaban J connectivity index is 1.43. The number of nitrogens with one attached hydrogen (secondary N) is 1. The first-order valence-electron chi connectivity index (χ1n) is 8.84. The second kappa shape index (κ2) is 10.3. The van der Waals surface area contributed by atoms with Crippen LogP contribution in [-0.2, 0) is 16.1 Å². The van der Waals surface area contributed by atoms with Crippen LogP contribution >= 0.6 is 11.8 Å². The molecule has 0 fully saturated rings. The number of carbonyl (C=O) groups excluding carboxylic acids is 2. The van der Waals surface area contributed by atoms with Crippen LogP contribution in [0.3, 0.4) is 0 Å². The van der Waals surface area contributed by atoms with Crippen LogP contribution in [0.15, 0.2) is 64.2 Å². The maximum absolute atomic E-state index is 12.1. The Morgan fingerprint density at radius 3 is 2.55 bits per heavy atom. The summed E-state index contributed by atoms with van der Waals surface area (Å²) in [5.41, 5.74) is 1.00. The Bertz CT molecular complexity index is 944. The number of ether oxygens (including phenoxy) is 2. The molecule has 1 heterocycles. The van der Waals surface area contributed by atoms with Gasteiger partial charge in [-0.3, -0.25) is 4.79 Å². The molecule has 0 spiro atoms. The van der Waals surface area contributed by atoms with E-state index in [-0.39, 0.29) is 23.5 Å². The minimum absolute atomic E-state index is 0.0980. The van der Waals surface area contributed by atoms with E-state index in [0.717, 1.165) is 11.8 Å². The molecule has 0 saturated carbocycles. The lowest BCUT2D eigenvalue weighted by molar-refractivity contribution is -0.113. The fraction of sp³-hybridized carbons (Fsp3) is 0.200. The molecule has 0 saturated heterocycles. The number of hydrogen-bond acceptors (Lipinski definition) is 8. The van der Waals surface area contributed by atoms with Gasteiger partial charge in [0, 0.05) is 5.69 Å². The Hall–Kier alpha value is -3.33. The molecule has 8 nitrogen and oxygen atoms in total. The lowest BCUT2D eigenvalue weighted by Gasteiger charge is -2.05. The highest BCUT2D eigenvalue weighted by molar-refractivity contribution is 7.99. The van der Waals surface area contributed by atoms with Crippen LogP contribution in [0.25, 0.3) is 0 Å². The minimum Gasteiger partial charge on any atom is -0.484 e. The molecule has 0 aliphatic carbocycles. The number of thioether (sulfide) groups is 1. The molecular weight excluding hydrogens is 394 g/mol. The van der Waals surface area contributed by atoms with Crippen LogP contribution in [-0.4, -0.2) is 34.4 Å². The molecule has 0 unspecified atom stereocenters. The van der Waals surface area contributed by atoms with Gasteiger partial charge in [0.2, 0.25) is 5.91 Å². The maximum atomic E-state index is 12.1. The summed E-state index contributed by atoms with van der Waals surface area (Å²) >= 11 is 1.12. The number of carbonyl (C=O) groups is 2. The molecule has 0 atom stereocenters. The van der Waals surface area contributed by atoms with Gasteiger partial charge in [0.15, 0.2) is 6.61 Å². The zero-order chi connectivity index (χ0) is 20.5. The third-order valence-electron chi connectivity index (χ3n) is 3.56. The smallest absolute Gasteiger partial charge is 0.338 e. The second-order valence-electron chi connectivity index (χ2n) is 5.70. The summed E-state index contributed by atoms with van der Waals surface area (Å²) in [6, 6.07) is 15.8. The van der Waals surface area contributed by atoms with Crippen molar-refractivity contribution in [1.29, 1.82) is 0 Å². The Labute approximate surface area is 171 Å². The monoisotopic (exact) mass is 413 g/mol. The van der Waals surface area contributed by atoms with Gasteiger partial charge in [0.05, 0.1) is 17.9 Å². The molecule has 3 rings (SSSR count). The second-order valence-corrected chi connectivity index (χ2v) is 6.62. The van der Waals surface area contributed by atoms with Crippen molar-refractivity contribution in [3.8, 4) is 5.75 Å². The van der Waals surface area contributed by atoms with Gasteiger partial charge in [0.1, 0.15) is 5.75 Å². The number of amides is 1. The predicted octanol–water partition coefficient (Wildman–Crippen LogP) is 3.56. The zero-order valence-electron chi connectivity index (χ0n) is 15.7. The van der Waals surface area contributed by atoms with Crippen LogP contribution in [0.5, 0.6) is 5.75 Å². The van der Waals surface area contributed by atoms with Gasteiger partial charge in [-0.25, -0.2) is 4.79 Å². The minimum atomic E-state index is -0.399. The van der Waals surface area contributed by atoms with E-state index in [1.165, 1.54) is 0 Å². The van der Waals surface area contributed by atoms with E-state index in [1.54, 1.807) is 31.2 Å². The number of rotatable bonds is 9. The van der Waals surface area contributed by atoms with Crippen LogP contribution in [0, 0.1) is 0 Å². The molecule has 1 N–H and O–H groups in total. The van der Waals surface area contributed by atoms with Crippen molar-refractivity contribution in [3.05, 3.63) is 66.1 Å². The standard InChI is InChI=1S/C20H19N3O5S/c1-2-26-19(25)14-8-10-15(11-9-14)21-17(24)13-29-20-23-22-18(28-20)12-27-16-6-4-3-5-7-16/h3-11H,2,12-13H2,1H3,(H,21,24). The highest BCUT2D eigenvalue weighted by Gasteiger charge is 2.11. The molecule has 0 bridgehead atoms. The summed E-state index contributed by atoms with van der Waals surface area (Å²) in [4.78, 5) is 23.7. The normalized spacial score (nSPS) is 10.4. The van der Waals surface area contributed by atoms with Crippen molar-refractivity contribution in [3.63, 3.8) is 0 Å². The number of para-hydroxylation sites is 1. The van der Waals surface area contributed by atoms with Gasteiger partial charge in [0.25, 0.3) is 11.1 Å². The highest BCUT2D eigenvalue weighted by Crippen LogP contribution is 2.18. The summed E-state index contributed by atoms with van der Waals surface area (Å²) in [6.07, 6.45) is 0. The lowest BCUT2D eigenvalue weighted by atomic mass is 10.2. The summed E-state index contributed by atoms with van der Waals surface area (Å²) in [5.74, 6) is 0.490. The van der Waals surface area contributed by atoms with Crippen molar-refractivity contribution in [1.82, 2.24) is 10.2 Å². The Morgan fingerprint density at radius 2 is 1.83 bits per heavy atom. The van der Waals surface area contributed by atoms with E-state index < -0.39 is 5.97 Å². The van der Waals surface area contributed by atoms with Crippen molar-refractivity contribution < 1.29 is 23.5 Å². The first-order valence-corrected chi connectivity index (χ1v) is 9.82. The first-order chi connectivity index (χ1) is 14.1. The maximum Gasteiger partial charge on any atom is 0.338 e. The van der Waals surface area contributed by atoms with Crippen molar-refractivity contribution in [2.75, 3.05) is 17.7 Å². The molecule has 1 aromatic heterocycles. The molecule has 1 amide bonds. The first kappa shape index (κ1) is 20.4. The van der Waals surface area contributed by atoms with Crippen molar-refractivity contribution >= 4 is 29.3 Å². The van der Waals surface area contributed by atoms with Gasteiger partial charge in [-0.1, -0.05) is 30.0 Å². The Kier molecular flexibility index (Phi) is 7.23. The number of hydrogen-bond donors (Lipinski definition) is 1. The van der Waals surface area contributed by atoms with E-state index in [9.17, 15) is 9.59 Å². The zero-order valence-corrected chi connectivity index (χ0v) is 16.5. The van der Waals surface area contributed by atoms with Crippen LogP contribution in [0.1, 0.15) is 23.2 Å². The third-order valence-corrected chi connectivity index (χ3v) is 4.38. The van der Waals surface area contributed by atoms with Crippen molar-refractivity contribution in [2.24, 2.45) is 0 Å². The molecule has 29 heavy (non-hydrogen) atoms. The SMILES string of the molecule is CCOC(=O)c1ccc(NC(=O)CSc2nnc(COc3ccccc3)o2)cc1. The topological polar surface area (TPSA) is 104 Å². The van der Waals surface area contributed by atoms with Crippen LogP contribution in [0.4, 0.5) is 5.69 Å². The molecule has 2 aromatic carbocycles. The molecule has 0 radical (unpaired) electrons. The van der Waals surface area contributed by atoms with Gasteiger partial charge in [-0.05, 0) is 43.3 Å². The summed E-state index contributed by atoms with van der Waals surface area (Å²) < 4.78 is 15.9. The molecule has 3 aromatic rings.